The lowest BCUT2D eigenvalue weighted by molar-refractivity contribution is -0.145. The second kappa shape index (κ2) is 9.56. The van der Waals surface area contributed by atoms with Crippen molar-refractivity contribution in [2.75, 3.05) is 12.4 Å². The largest absolute Gasteiger partial charge is 0.479 e. The minimum Gasteiger partial charge on any atom is -0.479 e. The fourth-order valence-electron chi connectivity index (χ4n) is 3.91. The summed E-state index contributed by atoms with van der Waals surface area (Å²) >= 11 is 0. The van der Waals surface area contributed by atoms with Crippen molar-refractivity contribution >= 4 is 5.82 Å². The highest BCUT2D eigenvalue weighted by molar-refractivity contribution is 5.61. The maximum absolute atomic E-state index is 13.5. The van der Waals surface area contributed by atoms with Crippen molar-refractivity contribution in [1.82, 2.24) is 24.7 Å². The van der Waals surface area contributed by atoms with E-state index in [0.29, 0.717) is 28.5 Å². The van der Waals surface area contributed by atoms with Gasteiger partial charge in [0, 0.05) is 6.20 Å². The highest BCUT2D eigenvalue weighted by Gasteiger charge is 2.41. The van der Waals surface area contributed by atoms with E-state index in [-0.39, 0.29) is 11.4 Å². The lowest BCUT2D eigenvalue weighted by atomic mass is 9.88. The number of ether oxygens (including phenoxy) is 1. The van der Waals surface area contributed by atoms with Crippen molar-refractivity contribution in [3.05, 3.63) is 77.6 Å². The van der Waals surface area contributed by atoms with Gasteiger partial charge in [-0.05, 0) is 62.2 Å². The van der Waals surface area contributed by atoms with Crippen LogP contribution in [-0.2, 0) is 5.54 Å². The number of methoxy groups -OCH3 is 1. The number of nitrogens with zero attached hydrogens (tertiary/aromatic N) is 5. The highest BCUT2D eigenvalue weighted by Crippen LogP contribution is 2.38. The quantitative estimate of drug-likeness (QED) is 0.325. The van der Waals surface area contributed by atoms with Crippen molar-refractivity contribution in [3.63, 3.8) is 0 Å². The van der Waals surface area contributed by atoms with Gasteiger partial charge < -0.3 is 14.6 Å². The molecule has 7 nitrogen and oxygen atoms in total. The zero-order valence-electron chi connectivity index (χ0n) is 20.1. The van der Waals surface area contributed by atoms with Crippen molar-refractivity contribution in [3.8, 4) is 23.0 Å². The van der Waals surface area contributed by atoms with Gasteiger partial charge in [0.05, 0.1) is 36.8 Å². The molecule has 0 radical (unpaired) electrons. The molecule has 3 aromatic heterocycles. The van der Waals surface area contributed by atoms with E-state index in [0.717, 1.165) is 17.8 Å². The highest BCUT2D eigenvalue weighted by atomic mass is 19.4. The standard InChI is InChI=1S/C25H24F4N6O/c1-15-11-20(19-9-10-21(23(31-19)36-4)35-12-16(2)30-14-35)33-34-22(15)32-24(3,13-25(27,28)29)17-5-7-18(26)8-6-17/h5-12,14H,13H2,1-4H3,(H,32,34)/t24-/m0/s1. The summed E-state index contributed by atoms with van der Waals surface area (Å²) in [5.74, 6) is -0.0153. The van der Waals surface area contributed by atoms with Crippen LogP contribution in [0.3, 0.4) is 0 Å². The zero-order valence-corrected chi connectivity index (χ0v) is 20.1. The minimum atomic E-state index is -4.48. The first-order valence-corrected chi connectivity index (χ1v) is 11.0. The predicted octanol–water partition coefficient (Wildman–Crippen LogP) is 5.77. The van der Waals surface area contributed by atoms with Gasteiger partial charge in [-0.3, -0.25) is 0 Å². The summed E-state index contributed by atoms with van der Waals surface area (Å²) in [4.78, 5) is 8.73. The number of anilines is 1. The van der Waals surface area contributed by atoms with Gasteiger partial charge in [-0.2, -0.15) is 13.2 Å². The molecule has 188 valence electrons. The lowest BCUT2D eigenvalue weighted by Crippen LogP contribution is -2.37. The third-order valence-corrected chi connectivity index (χ3v) is 5.70. The molecule has 0 aliphatic heterocycles. The molecule has 0 aliphatic carbocycles. The summed E-state index contributed by atoms with van der Waals surface area (Å²) in [5.41, 5.74) is 1.65. The Labute approximate surface area is 205 Å². The Kier molecular flexibility index (Phi) is 6.66. The van der Waals surface area contributed by atoms with Crippen molar-refractivity contribution in [2.24, 2.45) is 0 Å². The number of rotatable bonds is 7. The number of hydrogen-bond donors (Lipinski definition) is 1. The minimum absolute atomic E-state index is 0.173. The van der Waals surface area contributed by atoms with Gasteiger partial charge in [0.15, 0.2) is 5.82 Å². The maximum atomic E-state index is 13.5. The number of pyridine rings is 1. The van der Waals surface area contributed by atoms with Crippen LogP contribution in [0.4, 0.5) is 23.4 Å². The fourth-order valence-corrected chi connectivity index (χ4v) is 3.91. The average Bonchev–Trinajstić information content (AvgIpc) is 3.25. The van der Waals surface area contributed by atoms with Crippen molar-refractivity contribution < 1.29 is 22.3 Å². The summed E-state index contributed by atoms with van der Waals surface area (Å²) in [6.45, 7) is 4.97. The van der Waals surface area contributed by atoms with E-state index in [4.69, 9.17) is 4.74 Å². The molecule has 1 atom stereocenters. The van der Waals surface area contributed by atoms with E-state index < -0.39 is 24.0 Å². The Morgan fingerprint density at radius 2 is 1.72 bits per heavy atom. The fraction of sp³-hybridized carbons (Fsp3) is 0.280. The van der Waals surface area contributed by atoms with E-state index in [1.165, 1.54) is 26.2 Å². The maximum Gasteiger partial charge on any atom is 0.391 e. The SMILES string of the molecule is COc1nc(-c2cc(C)c(N[C@@](C)(CC(F)(F)F)c3ccc(F)cc3)nn2)ccc1-n1cnc(C)c1. The number of halogens is 4. The third kappa shape index (κ3) is 5.45. The zero-order chi connectivity index (χ0) is 26.1. The molecule has 1 N–H and O–H groups in total. The predicted molar refractivity (Wildman–Crippen MR) is 126 cm³/mol. The molecule has 0 unspecified atom stereocenters. The molecule has 1 aromatic carbocycles. The molecular weight excluding hydrogens is 476 g/mol. The van der Waals surface area contributed by atoms with E-state index >= 15 is 0 Å². The first kappa shape index (κ1) is 25.1. The number of imidazole rings is 1. The monoisotopic (exact) mass is 500 g/mol. The number of alkyl halides is 3. The van der Waals surface area contributed by atoms with Gasteiger partial charge >= 0.3 is 6.18 Å². The molecule has 4 aromatic rings. The third-order valence-electron chi connectivity index (χ3n) is 5.70. The van der Waals surface area contributed by atoms with Gasteiger partial charge in [-0.25, -0.2) is 14.4 Å². The Morgan fingerprint density at radius 1 is 1.00 bits per heavy atom. The molecule has 0 spiro atoms. The summed E-state index contributed by atoms with van der Waals surface area (Å²) in [7, 11) is 1.50. The van der Waals surface area contributed by atoms with E-state index in [9.17, 15) is 17.6 Å². The van der Waals surface area contributed by atoms with Crippen molar-refractivity contribution in [2.45, 2.75) is 38.9 Å². The molecule has 0 fully saturated rings. The topological polar surface area (TPSA) is 77.8 Å². The van der Waals surface area contributed by atoms with Gasteiger partial charge in [0.1, 0.15) is 17.2 Å². The lowest BCUT2D eigenvalue weighted by Gasteiger charge is -2.33. The van der Waals surface area contributed by atoms with E-state index in [1.54, 1.807) is 36.0 Å². The second-order valence-corrected chi connectivity index (χ2v) is 8.66. The molecule has 0 bridgehead atoms. The van der Waals surface area contributed by atoms with Crippen LogP contribution in [0, 0.1) is 19.7 Å². The molecule has 0 amide bonds. The smallest absolute Gasteiger partial charge is 0.391 e. The summed E-state index contributed by atoms with van der Waals surface area (Å²) in [6, 6.07) is 10.1. The normalized spacial score (nSPS) is 13.3. The van der Waals surface area contributed by atoms with Crippen LogP contribution in [0.25, 0.3) is 17.1 Å². The van der Waals surface area contributed by atoms with Crippen LogP contribution < -0.4 is 10.1 Å². The number of aromatic nitrogens is 5. The molecule has 4 rings (SSSR count). The van der Waals surface area contributed by atoms with Gasteiger partial charge in [0.25, 0.3) is 0 Å². The second-order valence-electron chi connectivity index (χ2n) is 8.66. The average molecular weight is 501 g/mol. The molecule has 0 saturated carbocycles. The Bertz CT molecular complexity index is 1370. The van der Waals surface area contributed by atoms with Gasteiger partial charge in [-0.1, -0.05) is 12.1 Å². The Morgan fingerprint density at radius 3 is 2.31 bits per heavy atom. The molecule has 11 heteroatoms. The molecule has 0 saturated heterocycles. The van der Waals surface area contributed by atoms with Crippen LogP contribution >= 0.6 is 0 Å². The molecular formula is C25H24F4N6O. The van der Waals surface area contributed by atoms with E-state index in [2.05, 4.69) is 25.5 Å². The number of nitrogens with one attached hydrogen (secondary N) is 1. The van der Waals surface area contributed by atoms with Gasteiger partial charge in [0.2, 0.25) is 5.88 Å². The molecule has 36 heavy (non-hydrogen) atoms. The number of aryl methyl sites for hydroxylation is 2. The van der Waals surface area contributed by atoms with Crippen LogP contribution in [0.5, 0.6) is 5.88 Å². The summed E-state index contributed by atoms with van der Waals surface area (Å²) in [6.07, 6.45) is -2.18. The van der Waals surface area contributed by atoms with Crippen LogP contribution in [0.15, 0.2) is 55.0 Å². The van der Waals surface area contributed by atoms with Crippen LogP contribution in [0.1, 0.15) is 30.2 Å². The molecule has 3 heterocycles. The summed E-state index contributed by atoms with van der Waals surface area (Å²) < 4.78 is 61.0. The van der Waals surface area contributed by atoms with Gasteiger partial charge in [-0.15, -0.1) is 10.2 Å². The summed E-state index contributed by atoms with van der Waals surface area (Å²) in [5, 5.41) is 11.2. The number of hydrogen-bond acceptors (Lipinski definition) is 6. The number of benzene rings is 1. The Balaban J connectivity index is 1.66. The van der Waals surface area contributed by atoms with E-state index in [1.807, 2.05) is 13.1 Å². The van der Waals surface area contributed by atoms with Crippen molar-refractivity contribution in [1.29, 1.82) is 0 Å². The first-order chi connectivity index (χ1) is 17.0. The molecule has 0 aliphatic rings. The Hall–Kier alpha value is -4.02. The van der Waals surface area contributed by atoms with Crippen LogP contribution in [-0.4, -0.2) is 38.0 Å². The first-order valence-electron chi connectivity index (χ1n) is 11.0. The van der Waals surface area contributed by atoms with Crippen LogP contribution in [0.2, 0.25) is 0 Å².